The summed E-state index contributed by atoms with van der Waals surface area (Å²) in [5.74, 6) is -0.250. The van der Waals surface area contributed by atoms with Gasteiger partial charge < -0.3 is 29.2 Å². The molecule has 2 N–H and O–H groups in total. The van der Waals surface area contributed by atoms with E-state index in [0.29, 0.717) is 12.1 Å². The van der Waals surface area contributed by atoms with Crippen LogP contribution < -0.4 is 5.43 Å². The first-order chi connectivity index (χ1) is 11.1. The maximum Gasteiger partial charge on any atom is 0.259 e. The number of aromatic nitrogens is 1. The van der Waals surface area contributed by atoms with Gasteiger partial charge in [0, 0.05) is 51.3 Å². The van der Waals surface area contributed by atoms with E-state index in [4.69, 9.17) is 14.2 Å². The lowest BCUT2D eigenvalue weighted by Crippen LogP contribution is -2.76. The summed E-state index contributed by atoms with van der Waals surface area (Å²) < 4.78 is 15.7. The number of rotatable bonds is 9. The van der Waals surface area contributed by atoms with Crippen LogP contribution in [0.1, 0.15) is 12.1 Å². The van der Waals surface area contributed by atoms with Gasteiger partial charge in [-0.15, -0.1) is 0 Å². The standard InChI is InChI=1S/C15H22N2O6/c1-21-9-17-13(4-6-18)15(14(17)20,23-10-22-2)8-11-7-12(19)3-5-16-11/h3,5,7,13,18H,4,6,8-10H2,1-2H3,(H,16,19)/t13?,15-/m1/s1. The van der Waals surface area contributed by atoms with Crippen molar-refractivity contribution in [1.82, 2.24) is 9.88 Å². The van der Waals surface area contributed by atoms with Gasteiger partial charge in [0.15, 0.2) is 11.0 Å². The van der Waals surface area contributed by atoms with Gasteiger partial charge in [-0.1, -0.05) is 0 Å². The number of methoxy groups -OCH3 is 2. The number of amides is 1. The van der Waals surface area contributed by atoms with Crippen LogP contribution in [0.4, 0.5) is 0 Å². The Morgan fingerprint density at radius 1 is 1.35 bits per heavy atom. The molecule has 2 rings (SSSR count). The van der Waals surface area contributed by atoms with Crippen molar-refractivity contribution in [3.63, 3.8) is 0 Å². The van der Waals surface area contributed by atoms with Crippen molar-refractivity contribution in [3.05, 3.63) is 34.2 Å². The molecule has 2 atom stereocenters. The quantitative estimate of drug-likeness (QED) is 0.467. The van der Waals surface area contributed by atoms with E-state index in [1.807, 2.05) is 0 Å². The number of hydrogen-bond acceptors (Lipinski definition) is 6. The number of likely N-dealkylation sites (tertiary alicyclic amines) is 1. The lowest BCUT2D eigenvalue weighted by molar-refractivity contribution is -0.234. The average molecular weight is 326 g/mol. The van der Waals surface area contributed by atoms with Crippen LogP contribution in [0.3, 0.4) is 0 Å². The van der Waals surface area contributed by atoms with Crippen molar-refractivity contribution < 1.29 is 24.1 Å². The van der Waals surface area contributed by atoms with E-state index in [-0.39, 0.29) is 43.9 Å². The SMILES string of the molecule is COCO[C@@]1(Cc2cc(=O)cc[nH]2)C(=O)N(COC)C1CCO. The predicted molar refractivity (Wildman–Crippen MR) is 80.7 cm³/mol. The van der Waals surface area contributed by atoms with Gasteiger partial charge >= 0.3 is 0 Å². The van der Waals surface area contributed by atoms with E-state index in [1.165, 1.54) is 37.4 Å². The zero-order chi connectivity index (χ0) is 16.9. The third-order valence-electron chi connectivity index (χ3n) is 3.93. The van der Waals surface area contributed by atoms with Gasteiger partial charge in [-0.25, -0.2) is 0 Å². The largest absolute Gasteiger partial charge is 0.396 e. The van der Waals surface area contributed by atoms with E-state index in [0.717, 1.165) is 0 Å². The number of β-lactam (4-membered cyclic amide) rings is 1. The molecule has 8 heteroatoms. The summed E-state index contributed by atoms with van der Waals surface area (Å²) >= 11 is 0. The first-order valence-corrected chi connectivity index (χ1v) is 7.30. The molecule has 128 valence electrons. The van der Waals surface area contributed by atoms with Crippen molar-refractivity contribution in [1.29, 1.82) is 0 Å². The molecule has 1 saturated heterocycles. The molecule has 1 fully saturated rings. The molecule has 0 spiro atoms. The number of nitrogens with one attached hydrogen (secondary N) is 1. The zero-order valence-corrected chi connectivity index (χ0v) is 13.3. The third kappa shape index (κ3) is 3.45. The summed E-state index contributed by atoms with van der Waals surface area (Å²) in [6.07, 6.45) is 2.06. The number of carbonyl (C=O) groups is 1. The summed E-state index contributed by atoms with van der Waals surface area (Å²) in [4.78, 5) is 28.6. The summed E-state index contributed by atoms with van der Waals surface area (Å²) in [7, 11) is 2.96. The monoisotopic (exact) mass is 326 g/mol. The molecular formula is C15H22N2O6. The van der Waals surface area contributed by atoms with E-state index in [9.17, 15) is 14.7 Å². The van der Waals surface area contributed by atoms with Crippen molar-refractivity contribution in [2.24, 2.45) is 0 Å². The number of ether oxygens (including phenoxy) is 3. The summed E-state index contributed by atoms with van der Waals surface area (Å²) in [5, 5.41) is 9.32. The summed E-state index contributed by atoms with van der Waals surface area (Å²) in [6, 6.07) is 2.47. The highest BCUT2D eigenvalue weighted by molar-refractivity contribution is 5.93. The van der Waals surface area contributed by atoms with E-state index in [2.05, 4.69) is 4.98 Å². The number of aromatic amines is 1. The first-order valence-electron chi connectivity index (χ1n) is 7.30. The van der Waals surface area contributed by atoms with Crippen molar-refractivity contribution in [3.8, 4) is 0 Å². The number of aliphatic hydroxyl groups excluding tert-OH is 1. The molecule has 1 aromatic rings. The molecule has 2 heterocycles. The van der Waals surface area contributed by atoms with Crippen LogP contribution in [-0.4, -0.2) is 66.9 Å². The second-order valence-corrected chi connectivity index (χ2v) is 5.39. The molecule has 0 aliphatic carbocycles. The van der Waals surface area contributed by atoms with Gasteiger partial charge in [0.2, 0.25) is 0 Å². The first kappa shape index (κ1) is 17.6. The summed E-state index contributed by atoms with van der Waals surface area (Å²) in [5.41, 5.74) is -0.747. The Bertz CT molecular complexity index is 589. The number of aliphatic hydroxyl groups is 1. The van der Waals surface area contributed by atoms with Crippen LogP contribution >= 0.6 is 0 Å². The van der Waals surface area contributed by atoms with Gasteiger partial charge in [0.25, 0.3) is 5.91 Å². The number of hydrogen-bond donors (Lipinski definition) is 2. The Balaban J connectivity index is 2.30. The van der Waals surface area contributed by atoms with Gasteiger partial charge in [-0.2, -0.15) is 0 Å². The number of pyridine rings is 1. The topological polar surface area (TPSA) is 101 Å². The Kier molecular flexibility index (Phi) is 5.89. The number of nitrogens with zero attached hydrogens (tertiary/aromatic N) is 1. The smallest absolute Gasteiger partial charge is 0.259 e. The third-order valence-corrected chi connectivity index (χ3v) is 3.93. The van der Waals surface area contributed by atoms with Crippen LogP contribution in [0, 0.1) is 0 Å². The van der Waals surface area contributed by atoms with E-state index >= 15 is 0 Å². The Morgan fingerprint density at radius 3 is 2.74 bits per heavy atom. The van der Waals surface area contributed by atoms with Gasteiger partial charge in [-0.05, 0) is 6.42 Å². The minimum Gasteiger partial charge on any atom is -0.396 e. The fourth-order valence-electron chi connectivity index (χ4n) is 2.96. The zero-order valence-electron chi connectivity index (χ0n) is 13.3. The van der Waals surface area contributed by atoms with Crippen LogP contribution in [0.2, 0.25) is 0 Å². The Labute approximate surface area is 134 Å². The molecule has 1 amide bonds. The van der Waals surface area contributed by atoms with Crippen molar-refractivity contribution in [2.75, 3.05) is 34.4 Å². The highest BCUT2D eigenvalue weighted by atomic mass is 16.7. The van der Waals surface area contributed by atoms with E-state index in [1.54, 1.807) is 0 Å². The van der Waals surface area contributed by atoms with Gasteiger partial charge in [0.05, 0.1) is 6.04 Å². The Morgan fingerprint density at radius 2 is 2.13 bits per heavy atom. The molecule has 23 heavy (non-hydrogen) atoms. The van der Waals surface area contributed by atoms with E-state index < -0.39 is 5.60 Å². The Hall–Kier alpha value is -1.74. The highest BCUT2D eigenvalue weighted by Gasteiger charge is 2.61. The lowest BCUT2D eigenvalue weighted by Gasteiger charge is -2.54. The second-order valence-electron chi connectivity index (χ2n) is 5.39. The molecule has 0 aromatic carbocycles. The molecule has 1 aliphatic heterocycles. The van der Waals surface area contributed by atoms with Crippen LogP contribution in [-0.2, 0) is 25.4 Å². The number of H-pyrrole nitrogens is 1. The predicted octanol–water partition coefficient (Wildman–Crippen LogP) is -0.526. The highest BCUT2D eigenvalue weighted by Crippen LogP contribution is 2.39. The molecule has 8 nitrogen and oxygen atoms in total. The molecular weight excluding hydrogens is 304 g/mol. The molecule has 0 radical (unpaired) electrons. The molecule has 0 bridgehead atoms. The van der Waals surface area contributed by atoms with Gasteiger partial charge in [0.1, 0.15) is 13.5 Å². The second kappa shape index (κ2) is 7.69. The normalized spacial score (nSPS) is 23.9. The molecule has 0 saturated carbocycles. The van der Waals surface area contributed by atoms with Crippen LogP contribution in [0.5, 0.6) is 0 Å². The minimum absolute atomic E-state index is 0.0639. The van der Waals surface area contributed by atoms with Crippen molar-refractivity contribution >= 4 is 5.91 Å². The maximum atomic E-state index is 12.6. The van der Waals surface area contributed by atoms with Gasteiger partial charge in [-0.3, -0.25) is 9.59 Å². The fraction of sp³-hybridized carbons (Fsp3) is 0.600. The molecule has 1 unspecified atom stereocenters. The maximum absolute atomic E-state index is 12.6. The summed E-state index contributed by atoms with van der Waals surface area (Å²) in [6.45, 7) is -0.0416. The molecule has 1 aromatic heterocycles. The van der Waals surface area contributed by atoms with Crippen LogP contribution in [0.25, 0.3) is 0 Å². The van der Waals surface area contributed by atoms with Crippen LogP contribution in [0.15, 0.2) is 23.1 Å². The minimum atomic E-state index is -1.18. The lowest BCUT2D eigenvalue weighted by atomic mass is 9.77. The average Bonchev–Trinajstić information content (AvgIpc) is 2.55. The number of carbonyl (C=O) groups excluding carboxylic acids is 1. The van der Waals surface area contributed by atoms with Crippen molar-refractivity contribution in [2.45, 2.75) is 24.5 Å². The molecule has 1 aliphatic rings. The fourth-order valence-corrected chi connectivity index (χ4v) is 2.96.